The summed E-state index contributed by atoms with van der Waals surface area (Å²) in [6.07, 6.45) is 6.42. The molecule has 0 aromatic carbocycles. The van der Waals surface area contributed by atoms with E-state index in [0.29, 0.717) is 19.0 Å². The number of nitrogens with zero attached hydrogens (tertiary/aromatic N) is 1. The Morgan fingerprint density at radius 1 is 1.29 bits per heavy atom. The fourth-order valence-electron chi connectivity index (χ4n) is 2.54. The van der Waals surface area contributed by atoms with Crippen molar-refractivity contribution >= 4 is 11.9 Å². The fraction of sp³-hybridized carbons (Fsp3) is 0.875. The zero-order valence-corrected chi connectivity index (χ0v) is 14.0. The molecule has 0 spiro atoms. The second-order valence-electron chi connectivity index (χ2n) is 6.23. The Labute approximate surface area is 129 Å². The molecule has 0 aromatic heterocycles. The van der Waals surface area contributed by atoms with Crippen molar-refractivity contribution in [2.75, 3.05) is 13.6 Å². The number of aliphatic imine (C=N–C) groups is 1. The van der Waals surface area contributed by atoms with Crippen molar-refractivity contribution in [3.05, 3.63) is 0 Å². The highest BCUT2D eigenvalue weighted by molar-refractivity contribution is 5.81. The summed E-state index contributed by atoms with van der Waals surface area (Å²) in [5, 5.41) is 9.66. The summed E-state index contributed by atoms with van der Waals surface area (Å²) in [6, 6.07) is 0.764. The van der Waals surface area contributed by atoms with Crippen LogP contribution in [0, 0.1) is 5.92 Å². The summed E-state index contributed by atoms with van der Waals surface area (Å²) in [6.45, 7) is 7.03. The van der Waals surface area contributed by atoms with Crippen LogP contribution in [0.5, 0.6) is 0 Å². The molecule has 1 amide bonds. The number of nitrogens with one attached hydrogen (secondary N) is 3. The minimum absolute atomic E-state index is 0.0961. The lowest BCUT2D eigenvalue weighted by atomic mass is 9.87. The lowest BCUT2D eigenvalue weighted by Gasteiger charge is -2.28. The standard InChI is InChI=1S/C16H32N4O/c1-5-13(3)19-15(21)10-11-18-16(17-4)20-14-8-6-12(2)7-9-14/h12-14H,5-11H2,1-4H3,(H,19,21)(H2,17,18,20). The van der Waals surface area contributed by atoms with Gasteiger partial charge >= 0.3 is 0 Å². The highest BCUT2D eigenvalue weighted by atomic mass is 16.1. The quantitative estimate of drug-likeness (QED) is 0.519. The lowest BCUT2D eigenvalue weighted by molar-refractivity contribution is -0.121. The molecule has 122 valence electrons. The molecule has 0 heterocycles. The molecular weight excluding hydrogens is 264 g/mol. The van der Waals surface area contributed by atoms with Crippen molar-refractivity contribution in [3.8, 4) is 0 Å². The van der Waals surface area contributed by atoms with Crippen molar-refractivity contribution in [1.82, 2.24) is 16.0 Å². The molecule has 21 heavy (non-hydrogen) atoms. The van der Waals surface area contributed by atoms with Gasteiger partial charge in [-0.05, 0) is 44.9 Å². The summed E-state index contributed by atoms with van der Waals surface area (Å²) in [5.74, 6) is 1.76. The average molecular weight is 296 g/mol. The normalized spacial score (nSPS) is 24.3. The molecular formula is C16H32N4O. The van der Waals surface area contributed by atoms with Gasteiger partial charge in [-0.1, -0.05) is 13.8 Å². The van der Waals surface area contributed by atoms with Crippen molar-refractivity contribution in [3.63, 3.8) is 0 Å². The second-order valence-corrected chi connectivity index (χ2v) is 6.23. The summed E-state index contributed by atoms with van der Waals surface area (Å²) < 4.78 is 0. The van der Waals surface area contributed by atoms with Gasteiger partial charge in [-0.2, -0.15) is 0 Å². The second kappa shape index (κ2) is 9.64. The number of amides is 1. The molecule has 0 bridgehead atoms. The maximum Gasteiger partial charge on any atom is 0.221 e. The van der Waals surface area contributed by atoms with E-state index in [1.807, 2.05) is 6.92 Å². The number of guanidine groups is 1. The molecule has 1 atom stereocenters. The third-order valence-electron chi connectivity index (χ3n) is 4.24. The number of hydrogen-bond acceptors (Lipinski definition) is 2. The van der Waals surface area contributed by atoms with Crippen LogP contribution in [-0.2, 0) is 4.79 Å². The van der Waals surface area contributed by atoms with Crippen LogP contribution in [0.4, 0.5) is 0 Å². The molecule has 1 aliphatic rings. The Balaban J connectivity index is 2.21. The van der Waals surface area contributed by atoms with Crippen LogP contribution in [-0.4, -0.2) is 37.5 Å². The highest BCUT2D eigenvalue weighted by Gasteiger charge is 2.18. The van der Waals surface area contributed by atoms with Gasteiger partial charge in [-0.25, -0.2) is 0 Å². The van der Waals surface area contributed by atoms with Gasteiger partial charge in [0.15, 0.2) is 5.96 Å². The number of hydrogen-bond donors (Lipinski definition) is 3. The summed E-state index contributed by atoms with van der Waals surface area (Å²) in [5.41, 5.74) is 0. The lowest BCUT2D eigenvalue weighted by Crippen LogP contribution is -2.45. The fourth-order valence-corrected chi connectivity index (χ4v) is 2.54. The van der Waals surface area contributed by atoms with E-state index in [1.165, 1.54) is 25.7 Å². The molecule has 5 nitrogen and oxygen atoms in total. The summed E-state index contributed by atoms with van der Waals surface area (Å²) in [4.78, 5) is 15.9. The number of carbonyl (C=O) groups excluding carboxylic acids is 1. The van der Waals surface area contributed by atoms with Crippen LogP contribution in [0.2, 0.25) is 0 Å². The maximum absolute atomic E-state index is 11.7. The van der Waals surface area contributed by atoms with Crippen LogP contribution >= 0.6 is 0 Å². The minimum atomic E-state index is 0.0961. The van der Waals surface area contributed by atoms with E-state index in [1.54, 1.807) is 7.05 Å². The van der Waals surface area contributed by atoms with Crippen LogP contribution in [0.15, 0.2) is 4.99 Å². The molecule has 1 aliphatic carbocycles. The molecule has 0 radical (unpaired) electrons. The largest absolute Gasteiger partial charge is 0.356 e. The zero-order valence-electron chi connectivity index (χ0n) is 14.0. The minimum Gasteiger partial charge on any atom is -0.356 e. The van der Waals surface area contributed by atoms with Crippen LogP contribution in [0.3, 0.4) is 0 Å². The molecule has 5 heteroatoms. The van der Waals surface area contributed by atoms with Gasteiger partial charge in [0.2, 0.25) is 5.91 Å². The Hall–Kier alpha value is -1.26. The van der Waals surface area contributed by atoms with E-state index in [0.717, 1.165) is 18.3 Å². The predicted molar refractivity (Wildman–Crippen MR) is 88.4 cm³/mol. The zero-order chi connectivity index (χ0) is 15.7. The number of rotatable bonds is 6. The first-order valence-electron chi connectivity index (χ1n) is 8.31. The number of carbonyl (C=O) groups is 1. The highest BCUT2D eigenvalue weighted by Crippen LogP contribution is 2.23. The first kappa shape index (κ1) is 17.8. The smallest absolute Gasteiger partial charge is 0.221 e. The van der Waals surface area contributed by atoms with Crippen LogP contribution in [0.25, 0.3) is 0 Å². The molecule has 1 fully saturated rings. The third kappa shape index (κ3) is 7.34. The Morgan fingerprint density at radius 2 is 1.95 bits per heavy atom. The first-order valence-corrected chi connectivity index (χ1v) is 8.31. The van der Waals surface area contributed by atoms with Crippen molar-refractivity contribution in [1.29, 1.82) is 0 Å². The monoisotopic (exact) mass is 296 g/mol. The van der Waals surface area contributed by atoms with Crippen molar-refractivity contribution < 1.29 is 4.79 Å². The van der Waals surface area contributed by atoms with Crippen molar-refractivity contribution in [2.45, 2.75) is 71.4 Å². The Bertz CT molecular complexity index is 335. The van der Waals surface area contributed by atoms with Crippen LogP contribution < -0.4 is 16.0 Å². The van der Waals surface area contributed by atoms with Gasteiger partial charge < -0.3 is 16.0 Å². The first-order chi connectivity index (χ1) is 10.0. The molecule has 3 N–H and O–H groups in total. The van der Waals surface area contributed by atoms with Gasteiger partial charge in [-0.15, -0.1) is 0 Å². The molecule has 1 saturated carbocycles. The maximum atomic E-state index is 11.7. The topological polar surface area (TPSA) is 65.5 Å². The van der Waals surface area contributed by atoms with E-state index in [9.17, 15) is 4.79 Å². The molecule has 0 aromatic rings. The Kier molecular flexibility index (Phi) is 8.16. The molecule has 0 saturated heterocycles. The van der Waals surface area contributed by atoms with Gasteiger partial charge in [0.25, 0.3) is 0 Å². The van der Waals surface area contributed by atoms with Gasteiger partial charge in [0, 0.05) is 32.1 Å². The summed E-state index contributed by atoms with van der Waals surface area (Å²) >= 11 is 0. The van der Waals surface area contributed by atoms with Gasteiger partial charge in [0.1, 0.15) is 0 Å². The predicted octanol–water partition coefficient (Wildman–Crippen LogP) is 2.03. The van der Waals surface area contributed by atoms with E-state index in [2.05, 4.69) is 34.8 Å². The SMILES string of the molecule is CCC(C)NC(=O)CCNC(=NC)NC1CCC(C)CC1. The van der Waals surface area contributed by atoms with Gasteiger partial charge in [0.05, 0.1) is 0 Å². The summed E-state index contributed by atoms with van der Waals surface area (Å²) in [7, 11) is 1.78. The van der Waals surface area contributed by atoms with E-state index in [-0.39, 0.29) is 11.9 Å². The molecule has 1 rings (SSSR count). The molecule has 1 unspecified atom stereocenters. The van der Waals surface area contributed by atoms with E-state index in [4.69, 9.17) is 0 Å². The van der Waals surface area contributed by atoms with E-state index < -0.39 is 0 Å². The third-order valence-corrected chi connectivity index (χ3v) is 4.24. The molecule has 0 aliphatic heterocycles. The average Bonchev–Trinajstić information content (AvgIpc) is 2.48. The van der Waals surface area contributed by atoms with Crippen molar-refractivity contribution in [2.24, 2.45) is 10.9 Å². The Morgan fingerprint density at radius 3 is 2.52 bits per heavy atom. The van der Waals surface area contributed by atoms with Gasteiger partial charge in [-0.3, -0.25) is 9.79 Å². The van der Waals surface area contributed by atoms with Crippen LogP contribution in [0.1, 0.15) is 59.3 Å². The van der Waals surface area contributed by atoms with E-state index >= 15 is 0 Å².